The van der Waals surface area contributed by atoms with E-state index < -0.39 is 21.7 Å². The molecule has 0 rings (SSSR count). The Morgan fingerprint density at radius 3 is 2.25 bits per heavy atom. The molecule has 0 bridgehead atoms. The molecule has 0 fully saturated rings. The Labute approximate surface area is 110 Å². The average Bonchev–Trinajstić information content (AvgIpc) is 2.22. The average molecular weight is 326 g/mol. The fourth-order valence-corrected chi connectivity index (χ4v) is 6.55. The van der Waals surface area contributed by atoms with E-state index in [2.05, 4.69) is 51.0 Å². The Hall–Kier alpha value is 0.0801. The molecule has 3 heteroatoms. The summed E-state index contributed by atoms with van der Waals surface area (Å²) in [5, 5.41) is 0. The van der Waals surface area contributed by atoms with Gasteiger partial charge in [0, 0.05) is 0 Å². The second kappa shape index (κ2) is 9.15. The van der Waals surface area contributed by atoms with Gasteiger partial charge in [-0.25, -0.2) is 0 Å². The molecule has 2 nitrogen and oxygen atoms in total. The van der Waals surface area contributed by atoms with Crippen molar-refractivity contribution in [3.05, 3.63) is 11.8 Å². The molecule has 0 saturated carbocycles. The van der Waals surface area contributed by atoms with E-state index in [9.17, 15) is 0 Å². The van der Waals surface area contributed by atoms with Gasteiger partial charge >= 0.3 is 110 Å². The number of rotatable bonds is 7. The van der Waals surface area contributed by atoms with Crippen LogP contribution in [-0.4, -0.2) is 43.4 Å². The van der Waals surface area contributed by atoms with Gasteiger partial charge in [-0.05, 0) is 0 Å². The molecule has 16 heavy (non-hydrogen) atoms. The van der Waals surface area contributed by atoms with Gasteiger partial charge in [-0.3, -0.25) is 0 Å². The predicted octanol–water partition coefficient (Wildman–Crippen LogP) is 3.72. The molecule has 0 unspecified atom stereocenters. The quantitative estimate of drug-likeness (QED) is 0.651. The summed E-state index contributed by atoms with van der Waals surface area (Å²) in [6.45, 7) is 10.9. The summed E-state index contributed by atoms with van der Waals surface area (Å²) in [6.07, 6.45) is 4.62. The molecule has 0 spiro atoms. The summed E-state index contributed by atoms with van der Waals surface area (Å²) in [5.74, 6) is 0. The Morgan fingerprint density at radius 1 is 1.19 bits per heavy atom. The monoisotopic (exact) mass is 326 g/mol. The third kappa shape index (κ3) is 6.62. The first-order valence-corrected chi connectivity index (χ1v) is 14.5. The molecule has 0 amide bonds. The molecule has 0 atom stereocenters. The van der Waals surface area contributed by atoms with Crippen molar-refractivity contribution >= 4 is 27.4 Å². The normalized spacial score (nSPS) is 12.9. The summed E-state index contributed by atoms with van der Waals surface area (Å²) in [7, 11) is 0. The van der Waals surface area contributed by atoms with Gasteiger partial charge in [0.1, 0.15) is 0 Å². The Bertz CT molecular complexity index is 244. The van der Waals surface area contributed by atoms with Gasteiger partial charge in [0.05, 0.1) is 0 Å². The predicted molar refractivity (Wildman–Crippen MR) is 76.5 cm³/mol. The fraction of sp³-hybridized carbons (Fsp3) is 0.769. The van der Waals surface area contributed by atoms with E-state index in [4.69, 9.17) is 0 Å². The molecule has 92 valence electrons. The molecular formula is C13H27InN2. The van der Waals surface area contributed by atoms with Crippen LogP contribution in [0.1, 0.15) is 40.5 Å². The minimum absolute atomic E-state index is 0.953. The second-order valence-corrected chi connectivity index (χ2v) is 12.6. The summed E-state index contributed by atoms with van der Waals surface area (Å²) in [4.78, 5) is 4.52. The van der Waals surface area contributed by atoms with Crippen LogP contribution in [0.15, 0.2) is 16.8 Å². The third-order valence-electron chi connectivity index (χ3n) is 2.54. The summed E-state index contributed by atoms with van der Waals surface area (Å²) >= 11 is -1.40. The topological polar surface area (TPSA) is 15.6 Å². The van der Waals surface area contributed by atoms with Crippen molar-refractivity contribution in [2.75, 3.05) is 13.1 Å². The van der Waals surface area contributed by atoms with Gasteiger partial charge in [-0.1, -0.05) is 0 Å². The van der Waals surface area contributed by atoms with E-state index >= 15 is 0 Å². The molecule has 0 radical (unpaired) electrons. The number of allylic oxidation sites excluding steroid dienone is 2. The maximum atomic E-state index is 4.52. The van der Waals surface area contributed by atoms with Gasteiger partial charge in [0.25, 0.3) is 0 Å². The van der Waals surface area contributed by atoms with Gasteiger partial charge < -0.3 is 0 Å². The number of nitrogens with zero attached hydrogens (tertiary/aromatic N) is 2. The number of aliphatic imine (C=N–C) groups is 1. The van der Waals surface area contributed by atoms with Crippen molar-refractivity contribution in [1.29, 1.82) is 0 Å². The van der Waals surface area contributed by atoms with Crippen molar-refractivity contribution in [3.8, 4) is 0 Å². The zero-order valence-electron chi connectivity index (χ0n) is 11.9. The zero-order valence-corrected chi connectivity index (χ0v) is 15.2. The molecule has 0 aromatic rings. The molecule has 0 aromatic heterocycles. The molecule has 0 aliphatic carbocycles. The Morgan fingerprint density at radius 2 is 1.81 bits per heavy atom. The van der Waals surface area contributed by atoms with E-state index in [0.717, 1.165) is 13.0 Å². The summed E-state index contributed by atoms with van der Waals surface area (Å²) in [5.41, 5.74) is 2.59. The van der Waals surface area contributed by atoms with Crippen LogP contribution in [-0.2, 0) is 0 Å². The second-order valence-electron chi connectivity index (χ2n) is 4.60. The van der Waals surface area contributed by atoms with E-state index in [1.54, 1.807) is 0 Å². The van der Waals surface area contributed by atoms with Crippen LogP contribution in [0, 0.1) is 0 Å². The van der Waals surface area contributed by atoms with E-state index in [1.165, 1.54) is 24.4 Å². The van der Waals surface area contributed by atoms with Crippen molar-refractivity contribution in [3.63, 3.8) is 0 Å². The molecule has 0 aliphatic heterocycles. The zero-order chi connectivity index (χ0) is 12.6. The first-order valence-electron chi connectivity index (χ1n) is 6.48. The summed E-state index contributed by atoms with van der Waals surface area (Å²) < 4.78 is 7.55. The van der Waals surface area contributed by atoms with Gasteiger partial charge in [-0.15, -0.1) is 0 Å². The van der Waals surface area contributed by atoms with Crippen LogP contribution in [0.3, 0.4) is 0 Å². The number of hydrogen-bond acceptors (Lipinski definition) is 2. The first-order chi connectivity index (χ1) is 7.52. The van der Waals surface area contributed by atoms with E-state index in [0.29, 0.717) is 0 Å². The molecule has 0 N–H and O–H groups in total. The minimum atomic E-state index is -1.40. The third-order valence-corrected chi connectivity index (χ3v) is 8.00. The van der Waals surface area contributed by atoms with Crippen LogP contribution in [0.4, 0.5) is 0 Å². The first kappa shape index (κ1) is 16.1. The Kier molecular flexibility index (Phi) is 9.19. The SMILES string of the molecule is CCCN=C(C)/C=C(/C)[N](CCC)[In]([CH3])[CH3]. The summed E-state index contributed by atoms with van der Waals surface area (Å²) in [6, 6.07) is 0. The molecular weight excluding hydrogens is 299 g/mol. The van der Waals surface area contributed by atoms with Crippen LogP contribution in [0.25, 0.3) is 0 Å². The van der Waals surface area contributed by atoms with E-state index in [-0.39, 0.29) is 0 Å². The fourth-order valence-electron chi connectivity index (χ4n) is 1.80. The number of hydrogen-bond donors (Lipinski definition) is 0. The van der Waals surface area contributed by atoms with Gasteiger partial charge in [0.15, 0.2) is 0 Å². The van der Waals surface area contributed by atoms with Crippen LogP contribution >= 0.6 is 0 Å². The van der Waals surface area contributed by atoms with E-state index in [1.807, 2.05) is 0 Å². The Balaban J connectivity index is 4.58. The van der Waals surface area contributed by atoms with Crippen molar-refractivity contribution in [1.82, 2.24) is 2.89 Å². The van der Waals surface area contributed by atoms with Crippen LogP contribution in [0.2, 0.25) is 9.36 Å². The molecule has 0 aliphatic rings. The van der Waals surface area contributed by atoms with Crippen molar-refractivity contribution < 1.29 is 0 Å². The van der Waals surface area contributed by atoms with Crippen molar-refractivity contribution in [2.45, 2.75) is 49.9 Å². The molecule has 0 saturated heterocycles. The van der Waals surface area contributed by atoms with Crippen LogP contribution < -0.4 is 0 Å². The van der Waals surface area contributed by atoms with Crippen molar-refractivity contribution in [2.24, 2.45) is 4.99 Å². The standard InChI is InChI=1S/C11H21N2.2CH3.In/c1-5-7-12-10(3)9-11(4)13-8-6-2;;;/h9H,5-8H2,1-4H3;2*1H3;/q-1;;;+1/b10-9-,13-11?;;;. The molecule has 0 heterocycles. The maximum absolute atomic E-state index is 4.52. The molecule has 0 aromatic carbocycles. The van der Waals surface area contributed by atoms with Gasteiger partial charge in [0.2, 0.25) is 0 Å². The van der Waals surface area contributed by atoms with Gasteiger partial charge in [-0.2, -0.15) is 0 Å². The van der Waals surface area contributed by atoms with Crippen LogP contribution in [0.5, 0.6) is 0 Å².